The van der Waals surface area contributed by atoms with E-state index in [0.717, 1.165) is 0 Å². The molecular formula is C17H30N2. The van der Waals surface area contributed by atoms with Crippen LogP contribution in [0, 0.1) is 19.3 Å². The molecule has 0 heterocycles. The Balaban J connectivity index is 3.03. The minimum absolute atomic E-state index is 0.252. The number of likely N-dealkylation sites (N-methyl/N-ethyl adjacent to an activating group) is 1. The molecule has 0 spiro atoms. The second-order valence-electron chi connectivity index (χ2n) is 6.80. The first-order valence-electron chi connectivity index (χ1n) is 7.17. The summed E-state index contributed by atoms with van der Waals surface area (Å²) in [5, 5.41) is 0. The Morgan fingerprint density at radius 2 is 1.74 bits per heavy atom. The molecule has 1 aromatic rings. The third-order valence-electron chi connectivity index (χ3n) is 4.49. The van der Waals surface area contributed by atoms with Crippen LogP contribution in [0.2, 0.25) is 0 Å². The number of hydrogen-bond donors (Lipinski definition) is 1. The first-order chi connectivity index (χ1) is 8.68. The van der Waals surface area contributed by atoms with E-state index in [9.17, 15) is 0 Å². The maximum absolute atomic E-state index is 6.03. The zero-order valence-corrected chi connectivity index (χ0v) is 13.6. The molecule has 19 heavy (non-hydrogen) atoms. The summed E-state index contributed by atoms with van der Waals surface area (Å²) in [6, 6.07) is 7.45. The van der Waals surface area contributed by atoms with Crippen molar-refractivity contribution in [2.75, 3.05) is 13.6 Å². The van der Waals surface area contributed by atoms with Gasteiger partial charge in [-0.3, -0.25) is 4.90 Å². The fraction of sp³-hybridized carbons (Fsp3) is 0.647. The normalized spacial score (nSPS) is 15.6. The highest BCUT2D eigenvalue weighted by Crippen LogP contribution is 2.30. The van der Waals surface area contributed by atoms with Gasteiger partial charge < -0.3 is 5.73 Å². The van der Waals surface area contributed by atoms with E-state index < -0.39 is 0 Å². The molecule has 2 nitrogen and oxygen atoms in total. The molecule has 2 N–H and O–H groups in total. The van der Waals surface area contributed by atoms with Crippen molar-refractivity contribution in [2.24, 2.45) is 11.1 Å². The standard InChI is InChI=1S/C17H30N2/c1-12-8-9-15(10-13(12)2)16(11-18)19(7)14(3)17(4,5)6/h8-10,14,16H,11,18H2,1-7H3. The van der Waals surface area contributed by atoms with Crippen LogP contribution in [0.5, 0.6) is 0 Å². The van der Waals surface area contributed by atoms with Crippen molar-refractivity contribution in [1.29, 1.82) is 0 Å². The highest BCUT2D eigenvalue weighted by atomic mass is 15.2. The first-order valence-corrected chi connectivity index (χ1v) is 7.17. The molecule has 2 unspecified atom stereocenters. The molecule has 0 aromatic heterocycles. The summed E-state index contributed by atoms with van der Waals surface area (Å²) in [4.78, 5) is 2.41. The highest BCUT2D eigenvalue weighted by molar-refractivity contribution is 5.32. The van der Waals surface area contributed by atoms with Gasteiger partial charge in [-0.15, -0.1) is 0 Å². The van der Waals surface area contributed by atoms with Gasteiger partial charge in [-0.1, -0.05) is 39.0 Å². The minimum Gasteiger partial charge on any atom is -0.329 e. The zero-order valence-electron chi connectivity index (χ0n) is 13.6. The van der Waals surface area contributed by atoms with E-state index in [4.69, 9.17) is 5.73 Å². The van der Waals surface area contributed by atoms with Crippen LogP contribution in [0.3, 0.4) is 0 Å². The van der Waals surface area contributed by atoms with E-state index in [1.54, 1.807) is 0 Å². The molecule has 0 bridgehead atoms. The monoisotopic (exact) mass is 262 g/mol. The number of rotatable bonds is 4. The van der Waals surface area contributed by atoms with Crippen LogP contribution in [0.25, 0.3) is 0 Å². The molecular weight excluding hydrogens is 232 g/mol. The average Bonchev–Trinajstić information content (AvgIpc) is 2.32. The van der Waals surface area contributed by atoms with Crippen LogP contribution in [0.4, 0.5) is 0 Å². The lowest BCUT2D eigenvalue weighted by Gasteiger charge is -2.40. The van der Waals surface area contributed by atoms with E-state index in [1.165, 1.54) is 16.7 Å². The predicted molar refractivity (Wildman–Crippen MR) is 84.4 cm³/mol. The van der Waals surface area contributed by atoms with E-state index in [2.05, 4.69) is 71.7 Å². The molecule has 0 aliphatic carbocycles. The van der Waals surface area contributed by atoms with Crippen LogP contribution in [0.1, 0.15) is 50.4 Å². The maximum atomic E-state index is 6.03. The summed E-state index contributed by atoms with van der Waals surface area (Å²) in [6.45, 7) is 14.1. The summed E-state index contributed by atoms with van der Waals surface area (Å²) in [6.07, 6.45) is 0. The number of nitrogens with zero attached hydrogens (tertiary/aromatic N) is 1. The Kier molecular flexibility index (Phi) is 5.17. The van der Waals surface area contributed by atoms with Gasteiger partial charge in [0, 0.05) is 18.6 Å². The van der Waals surface area contributed by atoms with Crippen LogP contribution < -0.4 is 5.73 Å². The van der Waals surface area contributed by atoms with Gasteiger partial charge in [-0.05, 0) is 49.9 Å². The van der Waals surface area contributed by atoms with E-state index in [0.29, 0.717) is 12.6 Å². The SMILES string of the molecule is Cc1ccc(C(CN)N(C)C(C)C(C)(C)C)cc1C. The molecule has 0 aliphatic rings. The summed E-state index contributed by atoms with van der Waals surface area (Å²) in [7, 11) is 2.18. The van der Waals surface area contributed by atoms with E-state index in [-0.39, 0.29) is 11.5 Å². The van der Waals surface area contributed by atoms with Crippen molar-refractivity contribution >= 4 is 0 Å². The molecule has 0 radical (unpaired) electrons. The molecule has 0 fully saturated rings. The number of nitrogens with two attached hydrogens (primary N) is 1. The second-order valence-corrected chi connectivity index (χ2v) is 6.80. The van der Waals surface area contributed by atoms with Gasteiger partial charge in [0.05, 0.1) is 0 Å². The van der Waals surface area contributed by atoms with E-state index >= 15 is 0 Å². The Morgan fingerprint density at radius 3 is 2.16 bits per heavy atom. The van der Waals surface area contributed by atoms with Crippen molar-refractivity contribution in [3.8, 4) is 0 Å². The number of benzene rings is 1. The first kappa shape index (κ1) is 16.2. The number of hydrogen-bond acceptors (Lipinski definition) is 2. The zero-order chi connectivity index (χ0) is 14.8. The summed E-state index contributed by atoms with van der Waals surface area (Å²) in [5.41, 5.74) is 10.3. The third kappa shape index (κ3) is 3.80. The second kappa shape index (κ2) is 6.06. The van der Waals surface area contributed by atoms with Gasteiger partial charge in [-0.25, -0.2) is 0 Å². The van der Waals surface area contributed by atoms with Crippen LogP contribution >= 0.6 is 0 Å². The Bertz CT molecular complexity index is 418. The van der Waals surface area contributed by atoms with Crippen LogP contribution in [0.15, 0.2) is 18.2 Å². The molecule has 2 atom stereocenters. The van der Waals surface area contributed by atoms with Gasteiger partial charge in [0.2, 0.25) is 0 Å². The lowest BCUT2D eigenvalue weighted by Crippen LogP contribution is -2.43. The highest BCUT2D eigenvalue weighted by Gasteiger charge is 2.28. The Hall–Kier alpha value is -0.860. The lowest BCUT2D eigenvalue weighted by atomic mass is 9.85. The largest absolute Gasteiger partial charge is 0.329 e. The lowest BCUT2D eigenvalue weighted by molar-refractivity contribution is 0.100. The Morgan fingerprint density at radius 1 is 1.16 bits per heavy atom. The van der Waals surface area contributed by atoms with Gasteiger partial charge >= 0.3 is 0 Å². The average molecular weight is 262 g/mol. The van der Waals surface area contributed by atoms with Crippen molar-refractivity contribution in [1.82, 2.24) is 4.90 Å². The smallest absolute Gasteiger partial charge is 0.0470 e. The fourth-order valence-corrected chi connectivity index (χ4v) is 2.39. The molecule has 0 saturated heterocycles. The molecule has 2 heteroatoms. The van der Waals surface area contributed by atoms with Gasteiger partial charge in [0.25, 0.3) is 0 Å². The maximum Gasteiger partial charge on any atom is 0.0470 e. The van der Waals surface area contributed by atoms with Gasteiger partial charge in [0.15, 0.2) is 0 Å². The molecule has 0 amide bonds. The summed E-state index contributed by atoms with van der Waals surface area (Å²) >= 11 is 0. The molecule has 1 rings (SSSR count). The van der Waals surface area contributed by atoms with Crippen molar-refractivity contribution in [3.05, 3.63) is 34.9 Å². The van der Waals surface area contributed by atoms with Gasteiger partial charge in [-0.2, -0.15) is 0 Å². The van der Waals surface area contributed by atoms with Gasteiger partial charge in [0.1, 0.15) is 0 Å². The third-order valence-corrected chi connectivity index (χ3v) is 4.49. The minimum atomic E-state index is 0.252. The van der Waals surface area contributed by atoms with E-state index in [1.807, 2.05) is 0 Å². The van der Waals surface area contributed by atoms with Crippen molar-refractivity contribution in [3.63, 3.8) is 0 Å². The summed E-state index contributed by atoms with van der Waals surface area (Å²) < 4.78 is 0. The molecule has 1 aromatic carbocycles. The predicted octanol–water partition coefficient (Wildman–Crippen LogP) is 3.67. The fourth-order valence-electron chi connectivity index (χ4n) is 2.39. The van der Waals surface area contributed by atoms with Crippen molar-refractivity contribution < 1.29 is 0 Å². The van der Waals surface area contributed by atoms with Crippen molar-refractivity contribution in [2.45, 2.75) is 53.6 Å². The quantitative estimate of drug-likeness (QED) is 0.897. The molecule has 0 aliphatic heterocycles. The molecule has 108 valence electrons. The molecule has 0 saturated carbocycles. The summed E-state index contributed by atoms with van der Waals surface area (Å²) in [5.74, 6) is 0. The topological polar surface area (TPSA) is 29.3 Å². The number of aryl methyl sites for hydroxylation is 2. The van der Waals surface area contributed by atoms with Crippen LogP contribution in [-0.4, -0.2) is 24.5 Å². The Labute approximate surface area is 119 Å². The van der Waals surface area contributed by atoms with Crippen LogP contribution in [-0.2, 0) is 0 Å².